The highest BCUT2D eigenvalue weighted by Crippen LogP contribution is 2.36. The maximum atomic E-state index is 14.6. The molecule has 2 aliphatic heterocycles. The smallest absolute Gasteiger partial charge is 0.285 e. The van der Waals surface area contributed by atoms with Crippen LogP contribution in [0.5, 0.6) is 0 Å². The SMILES string of the molecule is Cc1cc(Cl)ccc1C(F)(F)CNCc1ccc2c(c1)CN(C1CC[C@@H](O)NC1=O)[C@H]2O. The van der Waals surface area contributed by atoms with E-state index in [1.54, 1.807) is 24.0 Å². The average molecular weight is 466 g/mol. The molecule has 1 amide bonds. The molecule has 9 heteroatoms. The van der Waals surface area contributed by atoms with Crippen LogP contribution in [0.3, 0.4) is 0 Å². The lowest BCUT2D eigenvalue weighted by Crippen LogP contribution is -2.53. The number of hydrogen-bond acceptors (Lipinski definition) is 5. The molecule has 2 aromatic carbocycles. The van der Waals surface area contributed by atoms with Gasteiger partial charge in [-0.1, -0.05) is 35.9 Å². The van der Waals surface area contributed by atoms with Crippen molar-refractivity contribution in [3.8, 4) is 0 Å². The number of carbonyl (C=O) groups is 1. The number of benzene rings is 2. The number of alkyl halides is 2. The summed E-state index contributed by atoms with van der Waals surface area (Å²) in [4.78, 5) is 13.9. The molecule has 1 fully saturated rings. The predicted octanol–water partition coefficient (Wildman–Crippen LogP) is 2.93. The van der Waals surface area contributed by atoms with Crippen LogP contribution < -0.4 is 10.6 Å². The van der Waals surface area contributed by atoms with Gasteiger partial charge >= 0.3 is 0 Å². The van der Waals surface area contributed by atoms with Crippen LogP contribution in [0.1, 0.15) is 46.9 Å². The average Bonchev–Trinajstić information content (AvgIpc) is 3.03. The van der Waals surface area contributed by atoms with E-state index in [-0.39, 0.29) is 18.0 Å². The number of aliphatic hydroxyl groups is 2. The van der Waals surface area contributed by atoms with Crippen LogP contribution in [0.2, 0.25) is 5.02 Å². The fourth-order valence-electron chi connectivity index (χ4n) is 4.49. The van der Waals surface area contributed by atoms with Crippen molar-refractivity contribution in [2.24, 2.45) is 0 Å². The summed E-state index contributed by atoms with van der Waals surface area (Å²) in [7, 11) is 0. The first-order valence-electron chi connectivity index (χ1n) is 10.5. The summed E-state index contributed by atoms with van der Waals surface area (Å²) < 4.78 is 29.3. The van der Waals surface area contributed by atoms with Gasteiger partial charge in [-0.15, -0.1) is 0 Å². The van der Waals surface area contributed by atoms with Crippen LogP contribution >= 0.6 is 11.6 Å². The van der Waals surface area contributed by atoms with Gasteiger partial charge in [0.05, 0.1) is 12.6 Å². The first-order chi connectivity index (χ1) is 15.2. The first-order valence-corrected chi connectivity index (χ1v) is 10.9. The number of aryl methyl sites for hydroxylation is 1. The molecule has 6 nitrogen and oxygen atoms in total. The van der Waals surface area contributed by atoms with Crippen LogP contribution in [-0.2, 0) is 23.8 Å². The molecule has 0 aliphatic carbocycles. The van der Waals surface area contributed by atoms with Crippen LogP contribution in [0.25, 0.3) is 0 Å². The van der Waals surface area contributed by atoms with Gasteiger partial charge in [-0.2, -0.15) is 8.78 Å². The van der Waals surface area contributed by atoms with Gasteiger partial charge in [-0.3, -0.25) is 9.69 Å². The van der Waals surface area contributed by atoms with E-state index < -0.39 is 31.0 Å². The van der Waals surface area contributed by atoms with Crippen molar-refractivity contribution in [1.29, 1.82) is 0 Å². The summed E-state index contributed by atoms with van der Waals surface area (Å²) in [6, 6.07) is 9.24. The molecule has 0 aromatic heterocycles. The molecule has 0 saturated carbocycles. The summed E-state index contributed by atoms with van der Waals surface area (Å²) in [6.45, 7) is 1.70. The minimum Gasteiger partial charge on any atom is -0.374 e. The Balaban J connectivity index is 1.39. The number of aliphatic hydroxyl groups excluding tert-OH is 2. The zero-order valence-electron chi connectivity index (χ0n) is 17.6. The monoisotopic (exact) mass is 465 g/mol. The topological polar surface area (TPSA) is 84.8 Å². The van der Waals surface area contributed by atoms with E-state index in [0.29, 0.717) is 35.5 Å². The van der Waals surface area contributed by atoms with Crippen molar-refractivity contribution in [2.75, 3.05) is 6.54 Å². The van der Waals surface area contributed by atoms with Crippen molar-refractivity contribution >= 4 is 17.5 Å². The van der Waals surface area contributed by atoms with Gasteiger partial charge in [-0.05, 0) is 54.2 Å². The molecule has 3 atom stereocenters. The van der Waals surface area contributed by atoms with Gasteiger partial charge in [0.15, 0.2) is 0 Å². The fraction of sp³-hybridized carbons (Fsp3) is 0.435. The number of nitrogens with zero attached hydrogens (tertiary/aromatic N) is 1. The molecular formula is C23H26ClF2N3O3. The molecular weight excluding hydrogens is 440 g/mol. The third-order valence-electron chi connectivity index (χ3n) is 6.14. The summed E-state index contributed by atoms with van der Waals surface area (Å²) >= 11 is 5.87. The summed E-state index contributed by atoms with van der Waals surface area (Å²) in [5.74, 6) is -3.35. The molecule has 1 unspecified atom stereocenters. The summed E-state index contributed by atoms with van der Waals surface area (Å²) in [5, 5.41) is 26.0. The van der Waals surface area contributed by atoms with Gasteiger partial charge in [0.25, 0.3) is 5.92 Å². The Morgan fingerprint density at radius 3 is 2.72 bits per heavy atom. The molecule has 2 aliphatic rings. The molecule has 1 saturated heterocycles. The number of hydrogen-bond donors (Lipinski definition) is 4. The third kappa shape index (κ3) is 4.65. The molecule has 0 spiro atoms. The molecule has 2 heterocycles. The van der Waals surface area contributed by atoms with Gasteiger partial charge in [-0.25, -0.2) is 0 Å². The first kappa shape index (κ1) is 23.1. The van der Waals surface area contributed by atoms with E-state index in [2.05, 4.69) is 10.6 Å². The Kier molecular flexibility index (Phi) is 6.51. The lowest BCUT2D eigenvalue weighted by molar-refractivity contribution is -0.139. The quantitative estimate of drug-likeness (QED) is 0.527. The van der Waals surface area contributed by atoms with Crippen LogP contribution in [0, 0.1) is 6.92 Å². The van der Waals surface area contributed by atoms with E-state index in [9.17, 15) is 23.8 Å². The number of halogens is 3. The number of piperidine rings is 1. The van der Waals surface area contributed by atoms with Crippen LogP contribution in [0.4, 0.5) is 8.78 Å². The Morgan fingerprint density at radius 1 is 1.22 bits per heavy atom. The Bertz CT molecular complexity index is 1020. The minimum atomic E-state index is -3.04. The van der Waals surface area contributed by atoms with Crippen molar-refractivity contribution in [3.63, 3.8) is 0 Å². The van der Waals surface area contributed by atoms with Gasteiger partial charge < -0.3 is 20.8 Å². The van der Waals surface area contributed by atoms with Crippen LogP contribution in [0.15, 0.2) is 36.4 Å². The predicted molar refractivity (Wildman–Crippen MR) is 116 cm³/mol. The highest BCUT2D eigenvalue weighted by atomic mass is 35.5. The summed E-state index contributed by atoms with van der Waals surface area (Å²) in [6.07, 6.45) is -0.901. The molecule has 4 rings (SSSR count). The van der Waals surface area contributed by atoms with E-state index in [1.807, 2.05) is 6.07 Å². The number of fused-ring (bicyclic) bond motifs is 1. The third-order valence-corrected chi connectivity index (χ3v) is 6.37. The highest BCUT2D eigenvalue weighted by molar-refractivity contribution is 6.30. The standard InChI is InChI=1S/C23H26ClF2N3O3/c1-13-8-16(24)3-5-18(13)23(25,26)12-27-10-14-2-4-17-15(9-14)11-29(22(17)32)19-6-7-20(30)28-21(19)31/h2-5,8-9,19-20,22,27,30,32H,6-7,10-12H2,1H3,(H,28,31)/t19?,20-,22+/m1/s1. The minimum absolute atomic E-state index is 0.0574. The number of rotatable bonds is 6. The molecule has 4 N–H and O–H groups in total. The molecule has 0 radical (unpaired) electrons. The van der Waals surface area contributed by atoms with Crippen molar-refractivity contribution < 1.29 is 23.8 Å². The second kappa shape index (κ2) is 9.03. The van der Waals surface area contributed by atoms with E-state index in [0.717, 1.165) is 11.1 Å². The molecule has 0 bridgehead atoms. The number of amides is 1. The van der Waals surface area contributed by atoms with Gasteiger partial charge in [0.2, 0.25) is 5.91 Å². The van der Waals surface area contributed by atoms with Gasteiger partial charge in [0, 0.05) is 23.7 Å². The maximum absolute atomic E-state index is 14.6. The van der Waals surface area contributed by atoms with Crippen molar-refractivity contribution in [3.05, 3.63) is 69.2 Å². The zero-order valence-corrected chi connectivity index (χ0v) is 18.4. The Hall–Kier alpha value is -2.10. The molecule has 32 heavy (non-hydrogen) atoms. The fourth-order valence-corrected chi connectivity index (χ4v) is 4.72. The van der Waals surface area contributed by atoms with Crippen molar-refractivity contribution in [2.45, 2.75) is 57.3 Å². The largest absolute Gasteiger partial charge is 0.374 e. The molecule has 172 valence electrons. The molecule has 2 aromatic rings. The van der Waals surface area contributed by atoms with E-state index >= 15 is 0 Å². The second-order valence-corrected chi connectivity index (χ2v) is 8.90. The van der Waals surface area contributed by atoms with E-state index in [1.165, 1.54) is 18.2 Å². The maximum Gasteiger partial charge on any atom is 0.285 e. The Labute approximate surface area is 190 Å². The number of nitrogens with one attached hydrogen (secondary N) is 2. The second-order valence-electron chi connectivity index (χ2n) is 8.46. The van der Waals surface area contributed by atoms with E-state index in [4.69, 9.17) is 11.6 Å². The Morgan fingerprint density at radius 2 is 2.00 bits per heavy atom. The van der Waals surface area contributed by atoms with Crippen LogP contribution in [-0.4, -0.2) is 39.8 Å². The van der Waals surface area contributed by atoms with Gasteiger partial charge in [0.1, 0.15) is 12.5 Å². The lowest BCUT2D eigenvalue weighted by atomic mass is 10.0. The highest BCUT2D eigenvalue weighted by Gasteiger charge is 2.39. The zero-order chi connectivity index (χ0) is 23.0. The number of carbonyl (C=O) groups excluding carboxylic acids is 1. The normalized spacial score (nSPS) is 23.8. The van der Waals surface area contributed by atoms with Crippen molar-refractivity contribution in [1.82, 2.24) is 15.5 Å². The lowest BCUT2D eigenvalue weighted by Gasteiger charge is -2.34. The summed E-state index contributed by atoms with van der Waals surface area (Å²) in [5.41, 5.74) is 2.75.